The summed E-state index contributed by atoms with van der Waals surface area (Å²) in [5, 5.41) is 0. The van der Waals surface area contributed by atoms with Gasteiger partial charge in [0.25, 0.3) is 0 Å². The monoisotopic (exact) mass is 291 g/mol. The number of rotatable bonds is 5. The van der Waals surface area contributed by atoms with Crippen LogP contribution in [0.25, 0.3) is 0 Å². The highest BCUT2D eigenvalue weighted by Crippen LogP contribution is 2.36. The van der Waals surface area contributed by atoms with Crippen molar-refractivity contribution in [3.63, 3.8) is 0 Å². The van der Waals surface area contributed by atoms with E-state index in [2.05, 4.69) is 4.90 Å². The largest absolute Gasteiger partial charge is 0.497 e. The van der Waals surface area contributed by atoms with Crippen LogP contribution < -0.4 is 9.47 Å². The van der Waals surface area contributed by atoms with E-state index in [1.807, 2.05) is 26.2 Å². The summed E-state index contributed by atoms with van der Waals surface area (Å²) in [4.78, 5) is 15.2. The molecule has 1 saturated carbocycles. The Balaban J connectivity index is 2.41. The molecule has 4 heteroatoms. The van der Waals surface area contributed by atoms with Gasteiger partial charge in [-0.2, -0.15) is 0 Å². The van der Waals surface area contributed by atoms with E-state index in [0.29, 0.717) is 17.1 Å². The zero-order valence-corrected chi connectivity index (χ0v) is 13.4. The fourth-order valence-corrected chi connectivity index (χ4v) is 3.22. The number of Topliss-reactive ketones (excluding diaryl/α,β-unsaturated/α-hetero) is 1. The van der Waals surface area contributed by atoms with Gasteiger partial charge in [-0.3, -0.25) is 9.69 Å². The SMILES string of the molecule is COc1cc(OC)cc(C(=O)C2(N(C)C)CCCCC2)c1. The molecule has 0 aromatic heterocycles. The van der Waals surface area contributed by atoms with E-state index in [-0.39, 0.29) is 5.78 Å². The lowest BCUT2D eigenvalue weighted by atomic mass is 9.75. The number of hydrogen-bond donors (Lipinski definition) is 0. The molecule has 0 heterocycles. The van der Waals surface area contributed by atoms with E-state index in [9.17, 15) is 4.79 Å². The molecule has 0 N–H and O–H groups in total. The van der Waals surface area contributed by atoms with Crippen LogP contribution in [0.1, 0.15) is 42.5 Å². The lowest BCUT2D eigenvalue weighted by Gasteiger charge is -2.41. The Kier molecular flexibility index (Phi) is 4.88. The molecule has 1 aliphatic carbocycles. The average molecular weight is 291 g/mol. The van der Waals surface area contributed by atoms with Crippen LogP contribution >= 0.6 is 0 Å². The number of likely N-dealkylation sites (N-methyl/N-ethyl adjacent to an activating group) is 1. The number of methoxy groups -OCH3 is 2. The van der Waals surface area contributed by atoms with E-state index < -0.39 is 5.54 Å². The standard InChI is InChI=1S/C17H25NO3/c1-18(2)17(8-6-5-7-9-17)16(19)13-10-14(20-3)12-15(11-13)21-4/h10-12H,5-9H2,1-4H3. The lowest BCUT2D eigenvalue weighted by Crippen LogP contribution is -2.52. The van der Waals surface area contributed by atoms with Crippen molar-refractivity contribution >= 4 is 5.78 Å². The summed E-state index contributed by atoms with van der Waals surface area (Å²) in [7, 11) is 7.21. The Labute approximate surface area is 127 Å². The Bertz CT molecular complexity index is 483. The molecule has 1 aromatic rings. The number of nitrogens with zero attached hydrogens (tertiary/aromatic N) is 1. The molecule has 0 atom stereocenters. The van der Waals surface area contributed by atoms with Crippen molar-refractivity contribution in [2.24, 2.45) is 0 Å². The van der Waals surface area contributed by atoms with E-state index >= 15 is 0 Å². The molecular formula is C17H25NO3. The summed E-state index contributed by atoms with van der Waals surface area (Å²) < 4.78 is 10.6. The van der Waals surface area contributed by atoms with Gasteiger partial charge in [0.15, 0.2) is 5.78 Å². The Morgan fingerprint density at radius 1 is 1.00 bits per heavy atom. The van der Waals surface area contributed by atoms with Gasteiger partial charge < -0.3 is 9.47 Å². The first-order valence-electron chi connectivity index (χ1n) is 7.49. The zero-order valence-electron chi connectivity index (χ0n) is 13.4. The normalized spacial score (nSPS) is 17.6. The van der Waals surface area contributed by atoms with Crippen molar-refractivity contribution < 1.29 is 14.3 Å². The molecule has 2 rings (SSSR count). The van der Waals surface area contributed by atoms with Gasteiger partial charge >= 0.3 is 0 Å². The fourth-order valence-electron chi connectivity index (χ4n) is 3.22. The van der Waals surface area contributed by atoms with Crippen LogP contribution in [0, 0.1) is 0 Å². The van der Waals surface area contributed by atoms with E-state index in [1.165, 1.54) is 6.42 Å². The molecule has 21 heavy (non-hydrogen) atoms. The molecule has 0 saturated heterocycles. The van der Waals surface area contributed by atoms with Gasteiger partial charge in [-0.05, 0) is 39.1 Å². The van der Waals surface area contributed by atoms with Crippen molar-refractivity contribution in [3.05, 3.63) is 23.8 Å². The fraction of sp³-hybridized carbons (Fsp3) is 0.588. The third-order valence-electron chi connectivity index (χ3n) is 4.57. The topological polar surface area (TPSA) is 38.8 Å². The third kappa shape index (κ3) is 3.05. The number of ketones is 1. The first kappa shape index (κ1) is 15.8. The number of carbonyl (C=O) groups excluding carboxylic acids is 1. The van der Waals surface area contributed by atoms with Crippen molar-refractivity contribution in [1.82, 2.24) is 4.90 Å². The summed E-state index contributed by atoms with van der Waals surface area (Å²) in [6.45, 7) is 0. The predicted octanol–water partition coefficient (Wildman–Crippen LogP) is 3.15. The molecule has 0 amide bonds. The summed E-state index contributed by atoms with van der Waals surface area (Å²) in [6.07, 6.45) is 5.25. The quantitative estimate of drug-likeness (QED) is 0.781. The highest BCUT2D eigenvalue weighted by atomic mass is 16.5. The summed E-state index contributed by atoms with van der Waals surface area (Å²) in [5.41, 5.74) is 0.275. The maximum absolute atomic E-state index is 13.1. The molecule has 116 valence electrons. The van der Waals surface area contributed by atoms with Gasteiger partial charge in [0.1, 0.15) is 11.5 Å². The summed E-state index contributed by atoms with van der Waals surface area (Å²) in [6, 6.07) is 5.41. The second-order valence-electron chi connectivity index (χ2n) is 5.92. The van der Waals surface area contributed by atoms with Crippen LogP contribution in [0.4, 0.5) is 0 Å². The van der Waals surface area contributed by atoms with Gasteiger partial charge in [0.2, 0.25) is 0 Å². The number of hydrogen-bond acceptors (Lipinski definition) is 4. The second-order valence-corrected chi connectivity index (χ2v) is 5.92. The number of ether oxygens (including phenoxy) is 2. The van der Waals surface area contributed by atoms with Gasteiger partial charge in [0, 0.05) is 11.6 Å². The Morgan fingerprint density at radius 2 is 1.52 bits per heavy atom. The second kappa shape index (κ2) is 6.48. The van der Waals surface area contributed by atoms with E-state index in [0.717, 1.165) is 25.7 Å². The summed E-state index contributed by atoms with van der Waals surface area (Å²) >= 11 is 0. The first-order chi connectivity index (χ1) is 10.0. The Morgan fingerprint density at radius 3 is 1.95 bits per heavy atom. The van der Waals surface area contributed by atoms with Crippen molar-refractivity contribution in [1.29, 1.82) is 0 Å². The molecule has 0 radical (unpaired) electrons. The van der Waals surface area contributed by atoms with Crippen LogP contribution in [0.3, 0.4) is 0 Å². The smallest absolute Gasteiger partial charge is 0.183 e. The molecule has 1 aromatic carbocycles. The van der Waals surface area contributed by atoms with Crippen LogP contribution in [-0.2, 0) is 0 Å². The maximum Gasteiger partial charge on any atom is 0.183 e. The molecule has 0 bridgehead atoms. The molecule has 0 aliphatic heterocycles. The van der Waals surface area contributed by atoms with Crippen molar-refractivity contribution in [2.75, 3.05) is 28.3 Å². The van der Waals surface area contributed by atoms with E-state index in [1.54, 1.807) is 20.3 Å². The van der Waals surface area contributed by atoms with Gasteiger partial charge in [0.05, 0.1) is 19.8 Å². The Hall–Kier alpha value is -1.55. The number of carbonyl (C=O) groups is 1. The highest BCUT2D eigenvalue weighted by molar-refractivity contribution is 6.04. The van der Waals surface area contributed by atoms with Crippen LogP contribution in [-0.4, -0.2) is 44.5 Å². The number of benzene rings is 1. The summed E-state index contributed by atoms with van der Waals surface area (Å²) in [5.74, 6) is 1.48. The van der Waals surface area contributed by atoms with Gasteiger partial charge in [-0.25, -0.2) is 0 Å². The molecule has 0 unspecified atom stereocenters. The maximum atomic E-state index is 13.1. The molecule has 1 fully saturated rings. The average Bonchev–Trinajstić information content (AvgIpc) is 2.53. The zero-order chi connectivity index (χ0) is 15.5. The van der Waals surface area contributed by atoms with Crippen LogP contribution in [0.2, 0.25) is 0 Å². The van der Waals surface area contributed by atoms with Gasteiger partial charge in [-0.1, -0.05) is 19.3 Å². The van der Waals surface area contributed by atoms with Crippen molar-refractivity contribution in [3.8, 4) is 11.5 Å². The minimum absolute atomic E-state index is 0.171. The lowest BCUT2D eigenvalue weighted by molar-refractivity contribution is 0.0563. The van der Waals surface area contributed by atoms with Gasteiger partial charge in [-0.15, -0.1) is 0 Å². The first-order valence-corrected chi connectivity index (χ1v) is 7.49. The van der Waals surface area contributed by atoms with Crippen LogP contribution in [0.15, 0.2) is 18.2 Å². The molecular weight excluding hydrogens is 266 g/mol. The molecule has 1 aliphatic rings. The third-order valence-corrected chi connectivity index (χ3v) is 4.57. The van der Waals surface area contributed by atoms with Crippen molar-refractivity contribution in [2.45, 2.75) is 37.6 Å². The molecule has 4 nitrogen and oxygen atoms in total. The van der Waals surface area contributed by atoms with Crippen LogP contribution in [0.5, 0.6) is 11.5 Å². The minimum Gasteiger partial charge on any atom is -0.497 e. The molecule has 0 spiro atoms. The van der Waals surface area contributed by atoms with E-state index in [4.69, 9.17) is 9.47 Å². The predicted molar refractivity (Wildman–Crippen MR) is 83.4 cm³/mol. The minimum atomic E-state index is -0.393. The highest BCUT2D eigenvalue weighted by Gasteiger charge is 2.41.